The standard InChI is InChI=1S/C15H21NO4S/c1-21-9-11-7-8-12(20-11)14(17)16-13(15(18)19)10-5-3-2-4-6-10/h7-8,10,13H,2-6,9H2,1H3,(H,16,17)(H,18,19). The molecule has 1 aromatic heterocycles. The van der Waals surface area contributed by atoms with Gasteiger partial charge in [-0.25, -0.2) is 4.79 Å². The lowest BCUT2D eigenvalue weighted by Gasteiger charge is -2.27. The lowest BCUT2D eigenvalue weighted by Crippen LogP contribution is -2.46. The maximum Gasteiger partial charge on any atom is 0.326 e. The highest BCUT2D eigenvalue weighted by atomic mass is 32.2. The summed E-state index contributed by atoms with van der Waals surface area (Å²) in [6, 6.07) is 2.52. The largest absolute Gasteiger partial charge is 0.480 e. The first-order valence-electron chi connectivity index (χ1n) is 7.23. The number of hydrogen-bond acceptors (Lipinski definition) is 4. The minimum atomic E-state index is -0.967. The van der Waals surface area contributed by atoms with Crippen LogP contribution in [-0.2, 0) is 10.5 Å². The Labute approximate surface area is 128 Å². The fourth-order valence-electron chi connectivity index (χ4n) is 2.78. The SMILES string of the molecule is CSCc1ccc(C(=O)NC(C(=O)O)C2CCCCC2)o1. The van der Waals surface area contributed by atoms with Gasteiger partial charge in [0.05, 0.1) is 5.75 Å². The van der Waals surface area contributed by atoms with E-state index in [4.69, 9.17) is 4.42 Å². The molecule has 2 N–H and O–H groups in total. The summed E-state index contributed by atoms with van der Waals surface area (Å²) in [5.74, 6) is 0.198. The van der Waals surface area contributed by atoms with Crippen LogP contribution in [0.15, 0.2) is 16.5 Å². The number of carboxylic acids is 1. The van der Waals surface area contributed by atoms with Crippen LogP contribution in [0.1, 0.15) is 48.4 Å². The van der Waals surface area contributed by atoms with E-state index >= 15 is 0 Å². The highest BCUT2D eigenvalue weighted by Gasteiger charge is 2.31. The molecule has 2 rings (SSSR count). The van der Waals surface area contributed by atoms with E-state index in [9.17, 15) is 14.7 Å². The van der Waals surface area contributed by atoms with Gasteiger partial charge in [-0.3, -0.25) is 4.79 Å². The van der Waals surface area contributed by atoms with Crippen LogP contribution >= 0.6 is 11.8 Å². The van der Waals surface area contributed by atoms with Gasteiger partial charge >= 0.3 is 5.97 Å². The van der Waals surface area contributed by atoms with Crippen LogP contribution in [0.3, 0.4) is 0 Å². The zero-order valence-corrected chi connectivity index (χ0v) is 12.9. The third-order valence-corrected chi connectivity index (χ3v) is 4.42. The third kappa shape index (κ3) is 4.27. The number of hydrogen-bond donors (Lipinski definition) is 2. The van der Waals surface area contributed by atoms with Gasteiger partial charge in [-0.15, -0.1) is 0 Å². The average Bonchev–Trinajstić information content (AvgIpc) is 2.94. The molecule has 0 radical (unpaired) electrons. The third-order valence-electron chi connectivity index (χ3n) is 3.85. The van der Waals surface area contributed by atoms with Crippen molar-refractivity contribution in [1.29, 1.82) is 0 Å². The quantitative estimate of drug-likeness (QED) is 0.844. The lowest BCUT2D eigenvalue weighted by atomic mass is 9.84. The van der Waals surface area contributed by atoms with Crippen molar-refractivity contribution in [2.45, 2.75) is 43.9 Å². The first-order chi connectivity index (χ1) is 10.1. The van der Waals surface area contributed by atoms with Gasteiger partial charge in [-0.1, -0.05) is 19.3 Å². The first kappa shape index (κ1) is 15.9. The molecule has 1 unspecified atom stereocenters. The highest BCUT2D eigenvalue weighted by Crippen LogP contribution is 2.27. The van der Waals surface area contributed by atoms with Crippen molar-refractivity contribution >= 4 is 23.6 Å². The average molecular weight is 311 g/mol. The predicted molar refractivity (Wildman–Crippen MR) is 81.4 cm³/mol. The van der Waals surface area contributed by atoms with Gasteiger partial charge in [0.1, 0.15) is 11.8 Å². The van der Waals surface area contributed by atoms with Gasteiger partial charge in [0.2, 0.25) is 0 Å². The summed E-state index contributed by atoms with van der Waals surface area (Å²) in [6.45, 7) is 0. The molecule has 0 spiro atoms. The Morgan fingerprint density at radius 2 is 2.10 bits per heavy atom. The second-order valence-electron chi connectivity index (χ2n) is 5.39. The summed E-state index contributed by atoms with van der Waals surface area (Å²) < 4.78 is 5.43. The van der Waals surface area contributed by atoms with Crippen molar-refractivity contribution in [2.75, 3.05) is 6.26 Å². The molecule has 1 aliphatic rings. The van der Waals surface area contributed by atoms with E-state index in [0.29, 0.717) is 5.75 Å². The number of nitrogens with one attached hydrogen (secondary N) is 1. The first-order valence-corrected chi connectivity index (χ1v) is 8.62. The second-order valence-corrected chi connectivity index (χ2v) is 6.25. The van der Waals surface area contributed by atoms with Crippen LogP contribution in [0.5, 0.6) is 0 Å². The molecule has 1 heterocycles. The smallest absolute Gasteiger partial charge is 0.326 e. The Balaban J connectivity index is 2.01. The molecule has 0 bridgehead atoms. The summed E-state index contributed by atoms with van der Waals surface area (Å²) in [6.07, 6.45) is 6.87. The monoisotopic (exact) mass is 311 g/mol. The number of carbonyl (C=O) groups excluding carboxylic acids is 1. The Morgan fingerprint density at radius 1 is 1.38 bits per heavy atom. The number of carboxylic acid groups (broad SMARTS) is 1. The molecule has 5 nitrogen and oxygen atoms in total. The van der Waals surface area contributed by atoms with Crippen molar-refractivity contribution in [1.82, 2.24) is 5.32 Å². The number of aliphatic carboxylic acids is 1. The minimum Gasteiger partial charge on any atom is -0.480 e. The van der Waals surface area contributed by atoms with Gasteiger partial charge in [0, 0.05) is 0 Å². The molecule has 1 atom stereocenters. The van der Waals surface area contributed by atoms with E-state index in [-0.39, 0.29) is 11.7 Å². The Kier molecular flexibility index (Phi) is 5.73. The van der Waals surface area contributed by atoms with Crippen LogP contribution in [0.4, 0.5) is 0 Å². The minimum absolute atomic E-state index is 0.0147. The zero-order valence-electron chi connectivity index (χ0n) is 12.1. The number of carbonyl (C=O) groups is 2. The molecular formula is C15H21NO4S. The fraction of sp³-hybridized carbons (Fsp3) is 0.600. The summed E-state index contributed by atoms with van der Waals surface area (Å²) in [4.78, 5) is 23.6. The molecule has 0 aliphatic heterocycles. The van der Waals surface area contributed by atoms with E-state index in [0.717, 1.165) is 37.9 Å². The summed E-state index contributed by atoms with van der Waals surface area (Å²) in [5.41, 5.74) is 0. The van der Waals surface area contributed by atoms with E-state index in [2.05, 4.69) is 5.32 Å². The second kappa shape index (κ2) is 7.54. The molecule has 1 saturated carbocycles. The number of rotatable bonds is 6. The fourth-order valence-corrected chi connectivity index (χ4v) is 3.22. The normalized spacial score (nSPS) is 17.4. The van der Waals surface area contributed by atoms with Crippen molar-refractivity contribution in [3.63, 3.8) is 0 Å². The molecule has 6 heteroatoms. The van der Waals surface area contributed by atoms with Gasteiger partial charge in [0.15, 0.2) is 5.76 Å². The summed E-state index contributed by atoms with van der Waals surface area (Å²) >= 11 is 1.60. The Morgan fingerprint density at radius 3 is 2.71 bits per heavy atom. The maximum atomic E-state index is 12.1. The van der Waals surface area contributed by atoms with Crippen molar-refractivity contribution in [2.24, 2.45) is 5.92 Å². The van der Waals surface area contributed by atoms with E-state index in [1.165, 1.54) is 0 Å². The van der Waals surface area contributed by atoms with Crippen LogP contribution in [0.25, 0.3) is 0 Å². The Hall–Kier alpha value is -1.43. The summed E-state index contributed by atoms with van der Waals surface area (Å²) in [7, 11) is 0. The lowest BCUT2D eigenvalue weighted by molar-refractivity contribution is -0.141. The molecule has 1 fully saturated rings. The van der Waals surface area contributed by atoms with Crippen molar-refractivity contribution in [3.05, 3.63) is 23.7 Å². The molecule has 0 saturated heterocycles. The van der Waals surface area contributed by atoms with Crippen LogP contribution in [-0.4, -0.2) is 29.3 Å². The molecule has 1 amide bonds. The van der Waals surface area contributed by atoms with Crippen LogP contribution < -0.4 is 5.32 Å². The summed E-state index contributed by atoms with van der Waals surface area (Å²) in [5, 5.41) is 12.0. The number of furan rings is 1. The van der Waals surface area contributed by atoms with Gasteiger partial charge in [-0.2, -0.15) is 11.8 Å². The topological polar surface area (TPSA) is 79.5 Å². The molecule has 21 heavy (non-hydrogen) atoms. The Bertz CT molecular complexity index is 494. The molecule has 0 aromatic carbocycles. The molecule has 1 aliphatic carbocycles. The van der Waals surface area contributed by atoms with Gasteiger partial charge < -0.3 is 14.8 Å². The van der Waals surface area contributed by atoms with Crippen molar-refractivity contribution in [3.8, 4) is 0 Å². The van der Waals surface area contributed by atoms with Gasteiger partial charge in [0.25, 0.3) is 5.91 Å². The van der Waals surface area contributed by atoms with Crippen LogP contribution in [0, 0.1) is 5.92 Å². The predicted octanol–water partition coefficient (Wildman–Crippen LogP) is 2.91. The van der Waals surface area contributed by atoms with E-state index < -0.39 is 17.9 Å². The van der Waals surface area contributed by atoms with Gasteiger partial charge in [-0.05, 0) is 37.1 Å². The zero-order chi connectivity index (χ0) is 15.2. The number of amides is 1. The number of thioether (sulfide) groups is 1. The van der Waals surface area contributed by atoms with Crippen molar-refractivity contribution < 1.29 is 19.1 Å². The van der Waals surface area contributed by atoms with E-state index in [1.54, 1.807) is 23.9 Å². The molecule has 116 valence electrons. The van der Waals surface area contributed by atoms with Crippen LogP contribution in [0.2, 0.25) is 0 Å². The molecule has 1 aromatic rings. The van der Waals surface area contributed by atoms with E-state index in [1.807, 2.05) is 6.26 Å². The highest BCUT2D eigenvalue weighted by molar-refractivity contribution is 7.97. The maximum absolute atomic E-state index is 12.1. The molecular weight excluding hydrogens is 290 g/mol.